The van der Waals surface area contributed by atoms with Crippen molar-refractivity contribution in [3.63, 3.8) is 0 Å². The summed E-state index contributed by atoms with van der Waals surface area (Å²) >= 11 is 0. The van der Waals surface area contributed by atoms with Crippen LogP contribution in [0.2, 0.25) is 0 Å². The Hall–Kier alpha value is -1.59. The van der Waals surface area contributed by atoms with Crippen LogP contribution >= 0.6 is 0 Å². The van der Waals surface area contributed by atoms with E-state index in [1.165, 1.54) is 16.7 Å². The van der Waals surface area contributed by atoms with Crippen LogP contribution in [0.5, 0.6) is 0 Å². The first kappa shape index (κ1) is 16.3. The second-order valence-corrected chi connectivity index (χ2v) is 6.58. The number of amides is 2. The van der Waals surface area contributed by atoms with Crippen molar-refractivity contribution in [1.82, 2.24) is 14.7 Å². The summed E-state index contributed by atoms with van der Waals surface area (Å²) in [5.74, 6) is 0. The third kappa shape index (κ3) is 4.03. The van der Waals surface area contributed by atoms with Gasteiger partial charge >= 0.3 is 6.03 Å². The van der Waals surface area contributed by atoms with Crippen molar-refractivity contribution in [3.05, 3.63) is 34.9 Å². The Kier molecular flexibility index (Phi) is 5.18. The van der Waals surface area contributed by atoms with Gasteiger partial charge in [-0.1, -0.05) is 23.8 Å². The Morgan fingerprint density at radius 1 is 1.00 bits per heavy atom. The van der Waals surface area contributed by atoms with Gasteiger partial charge in [-0.3, -0.25) is 4.90 Å². The van der Waals surface area contributed by atoms with E-state index in [9.17, 15) is 4.79 Å². The topological polar surface area (TPSA) is 36.0 Å². The average Bonchev–Trinajstić information content (AvgIpc) is 2.59. The molecule has 0 radical (unpaired) electrons. The maximum absolute atomic E-state index is 12.5. The van der Waals surface area contributed by atoms with Crippen LogP contribution in [0.3, 0.4) is 0 Å². The highest BCUT2D eigenvalue weighted by Gasteiger charge is 2.26. The summed E-state index contributed by atoms with van der Waals surface area (Å²) in [4.78, 5) is 18.9. The predicted molar refractivity (Wildman–Crippen MR) is 90.6 cm³/mol. The Labute approximate surface area is 138 Å². The summed E-state index contributed by atoms with van der Waals surface area (Å²) in [6.07, 6.45) is 0. The normalized spacial score (nSPS) is 19.9. The van der Waals surface area contributed by atoms with E-state index in [4.69, 9.17) is 4.74 Å². The molecule has 2 fully saturated rings. The number of hydrogen-bond donors (Lipinski definition) is 0. The van der Waals surface area contributed by atoms with Gasteiger partial charge in [0, 0.05) is 45.8 Å². The number of aryl methyl sites for hydroxylation is 2. The number of urea groups is 1. The fourth-order valence-corrected chi connectivity index (χ4v) is 3.26. The molecule has 5 heteroatoms. The molecule has 0 bridgehead atoms. The standard InChI is InChI=1S/C18H27N3O2/c1-15-3-4-16(2)17(13-15)14-19-5-7-20(8-6-19)18(22)21-9-11-23-12-10-21/h3-4,13H,5-12,14H2,1-2H3. The van der Waals surface area contributed by atoms with E-state index in [1.807, 2.05) is 9.80 Å². The second-order valence-electron chi connectivity index (χ2n) is 6.58. The number of carbonyl (C=O) groups excluding carboxylic acids is 1. The van der Waals surface area contributed by atoms with Crippen LogP contribution < -0.4 is 0 Å². The van der Waals surface area contributed by atoms with Crippen LogP contribution in [0.25, 0.3) is 0 Å². The molecule has 2 saturated heterocycles. The van der Waals surface area contributed by atoms with Crippen LogP contribution in [-0.4, -0.2) is 73.2 Å². The third-order valence-electron chi connectivity index (χ3n) is 4.82. The minimum absolute atomic E-state index is 0.180. The van der Waals surface area contributed by atoms with E-state index in [0.29, 0.717) is 13.2 Å². The second kappa shape index (κ2) is 7.32. The van der Waals surface area contributed by atoms with Gasteiger partial charge in [0.1, 0.15) is 0 Å². The summed E-state index contributed by atoms with van der Waals surface area (Å²) in [5.41, 5.74) is 4.06. The summed E-state index contributed by atoms with van der Waals surface area (Å²) in [6, 6.07) is 6.82. The number of rotatable bonds is 2. The lowest BCUT2D eigenvalue weighted by Crippen LogP contribution is -2.54. The van der Waals surface area contributed by atoms with Crippen LogP contribution in [0.15, 0.2) is 18.2 Å². The zero-order valence-corrected chi connectivity index (χ0v) is 14.3. The first-order chi connectivity index (χ1) is 11.1. The van der Waals surface area contributed by atoms with Gasteiger partial charge in [0.2, 0.25) is 0 Å². The van der Waals surface area contributed by atoms with Crippen molar-refractivity contribution in [1.29, 1.82) is 0 Å². The highest BCUT2D eigenvalue weighted by atomic mass is 16.5. The van der Waals surface area contributed by atoms with Gasteiger partial charge in [-0.25, -0.2) is 4.79 Å². The molecule has 2 amide bonds. The molecule has 0 atom stereocenters. The molecular weight excluding hydrogens is 290 g/mol. The number of morpholine rings is 1. The third-order valence-corrected chi connectivity index (χ3v) is 4.82. The molecule has 2 aliphatic rings. The molecule has 0 spiro atoms. The van der Waals surface area contributed by atoms with Gasteiger partial charge in [-0.2, -0.15) is 0 Å². The number of carbonyl (C=O) groups is 1. The SMILES string of the molecule is Cc1ccc(C)c(CN2CCN(C(=O)N3CCOCC3)CC2)c1. The van der Waals surface area contributed by atoms with Crippen molar-refractivity contribution in [2.24, 2.45) is 0 Å². The van der Waals surface area contributed by atoms with E-state index in [-0.39, 0.29) is 6.03 Å². The number of benzene rings is 1. The first-order valence-electron chi connectivity index (χ1n) is 8.53. The number of piperazine rings is 1. The lowest BCUT2D eigenvalue weighted by Gasteiger charge is -2.38. The fraction of sp³-hybridized carbons (Fsp3) is 0.611. The molecule has 23 heavy (non-hydrogen) atoms. The van der Waals surface area contributed by atoms with E-state index < -0.39 is 0 Å². The van der Waals surface area contributed by atoms with Crippen molar-refractivity contribution < 1.29 is 9.53 Å². The zero-order valence-electron chi connectivity index (χ0n) is 14.3. The Morgan fingerprint density at radius 3 is 2.35 bits per heavy atom. The van der Waals surface area contributed by atoms with Gasteiger partial charge < -0.3 is 14.5 Å². The average molecular weight is 317 g/mol. The largest absolute Gasteiger partial charge is 0.378 e. The molecule has 0 unspecified atom stereocenters. The molecule has 2 aliphatic heterocycles. The Morgan fingerprint density at radius 2 is 1.65 bits per heavy atom. The molecule has 126 valence electrons. The number of nitrogens with zero attached hydrogens (tertiary/aromatic N) is 3. The van der Waals surface area contributed by atoms with E-state index in [0.717, 1.165) is 45.8 Å². The quantitative estimate of drug-likeness (QED) is 0.835. The monoisotopic (exact) mass is 317 g/mol. The predicted octanol–water partition coefficient (Wildman–Crippen LogP) is 1.87. The smallest absolute Gasteiger partial charge is 0.320 e. The number of ether oxygens (including phenoxy) is 1. The fourth-order valence-electron chi connectivity index (χ4n) is 3.26. The lowest BCUT2D eigenvalue weighted by atomic mass is 10.0. The summed E-state index contributed by atoms with van der Waals surface area (Å²) in [5, 5.41) is 0. The van der Waals surface area contributed by atoms with Crippen molar-refractivity contribution in [3.8, 4) is 0 Å². The molecule has 3 rings (SSSR count). The molecule has 1 aromatic rings. The summed E-state index contributed by atoms with van der Waals surface area (Å²) in [7, 11) is 0. The van der Waals surface area contributed by atoms with Gasteiger partial charge in [-0.05, 0) is 25.0 Å². The highest BCUT2D eigenvalue weighted by molar-refractivity contribution is 5.74. The van der Waals surface area contributed by atoms with E-state index in [1.54, 1.807) is 0 Å². The Balaban J connectivity index is 1.52. The first-order valence-corrected chi connectivity index (χ1v) is 8.53. The minimum atomic E-state index is 0.180. The van der Waals surface area contributed by atoms with Gasteiger partial charge in [0.15, 0.2) is 0 Å². The molecule has 1 aromatic carbocycles. The van der Waals surface area contributed by atoms with E-state index >= 15 is 0 Å². The molecule has 2 heterocycles. The number of hydrogen-bond acceptors (Lipinski definition) is 3. The van der Waals surface area contributed by atoms with Gasteiger partial charge in [-0.15, -0.1) is 0 Å². The lowest BCUT2D eigenvalue weighted by molar-refractivity contribution is 0.0373. The highest BCUT2D eigenvalue weighted by Crippen LogP contribution is 2.15. The molecule has 0 aliphatic carbocycles. The van der Waals surface area contributed by atoms with Crippen LogP contribution in [0.1, 0.15) is 16.7 Å². The molecule has 0 N–H and O–H groups in total. The van der Waals surface area contributed by atoms with Gasteiger partial charge in [0.05, 0.1) is 13.2 Å². The van der Waals surface area contributed by atoms with Crippen LogP contribution in [0.4, 0.5) is 4.79 Å². The molecular formula is C18H27N3O2. The maximum Gasteiger partial charge on any atom is 0.320 e. The summed E-state index contributed by atoms with van der Waals surface area (Å²) in [6.45, 7) is 11.6. The van der Waals surface area contributed by atoms with Gasteiger partial charge in [0.25, 0.3) is 0 Å². The molecule has 0 aromatic heterocycles. The molecule has 0 saturated carbocycles. The van der Waals surface area contributed by atoms with Crippen LogP contribution in [0, 0.1) is 13.8 Å². The zero-order chi connectivity index (χ0) is 16.2. The Bertz CT molecular complexity index is 547. The van der Waals surface area contributed by atoms with Crippen LogP contribution in [-0.2, 0) is 11.3 Å². The summed E-state index contributed by atoms with van der Waals surface area (Å²) < 4.78 is 5.32. The van der Waals surface area contributed by atoms with Crippen molar-refractivity contribution in [2.45, 2.75) is 20.4 Å². The van der Waals surface area contributed by atoms with Crippen molar-refractivity contribution in [2.75, 3.05) is 52.5 Å². The maximum atomic E-state index is 12.5. The molecule has 5 nitrogen and oxygen atoms in total. The van der Waals surface area contributed by atoms with Crippen molar-refractivity contribution >= 4 is 6.03 Å². The minimum Gasteiger partial charge on any atom is -0.378 e. The van der Waals surface area contributed by atoms with E-state index in [2.05, 4.69) is 36.9 Å².